The summed E-state index contributed by atoms with van der Waals surface area (Å²) in [6.07, 6.45) is 4.86. The van der Waals surface area contributed by atoms with Crippen molar-refractivity contribution in [3.05, 3.63) is 88.1 Å². The van der Waals surface area contributed by atoms with Gasteiger partial charge in [-0.15, -0.1) is 0 Å². The van der Waals surface area contributed by atoms with E-state index in [0.29, 0.717) is 5.95 Å². The van der Waals surface area contributed by atoms with Gasteiger partial charge in [0.25, 0.3) is 0 Å². The van der Waals surface area contributed by atoms with E-state index >= 15 is 0 Å². The number of anilines is 1. The summed E-state index contributed by atoms with van der Waals surface area (Å²) in [5.74, 6) is 0.0291. The summed E-state index contributed by atoms with van der Waals surface area (Å²) in [5.41, 5.74) is 5.19. The third kappa shape index (κ3) is 2.89. The lowest BCUT2D eigenvalue weighted by Gasteiger charge is -2.34. The first kappa shape index (κ1) is 16.8. The topological polar surface area (TPSA) is 55.6 Å². The van der Waals surface area contributed by atoms with E-state index in [1.165, 1.54) is 29.8 Å². The molecular weight excluding hydrogens is 360 g/mol. The van der Waals surface area contributed by atoms with Gasteiger partial charge < -0.3 is 5.32 Å². The molecule has 5 nitrogen and oxygen atoms in total. The molecule has 0 saturated carbocycles. The summed E-state index contributed by atoms with van der Waals surface area (Å²) < 4.78 is 28.4. The van der Waals surface area contributed by atoms with E-state index in [1.807, 2.05) is 0 Å². The fraction of sp³-hybridized carbons (Fsp3) is 0.190. The highest BCUT2D eigenvalue weighted by atomic mass is 19.1. The standard InChI is InChI=1S/C21H17F2N5/c22-16-8-4-13(5-9-16)12-15-2-1-3-18-19(15)24-21-25-26-27-28(21)20(18)14-6-10-17(23)11-7-14/h4-12,20H,1-3H2,(H,24,25,27)/b15-12+/t20-/m0/s1. The Bertz CT molecular complexity index is 1080. The molecule has 1 aliphatic carbocycles. The molecule has 0 bridgehead atoms. The van der Waals surface area contributed by atoms with Crippen LogP contribution in [-0.4, -0.2) is 20.2 Å². The third-order valence-electron chi connectivity index (χ3n) is 5.24. The van der Waals surface area contributed by atoms with E-state index in [4.69, 9.17) is 0 Å². The highest BCUT2D eigenvalue weighted by molar-refractivity contribution is 5.65. The second-order valence-corrected chi connectivity index (χ2v) is 7.00. The number of fused-ring (bicyclic) bond motifs is 1. The molecule has 0 unspecified atom stereocenters. The predicted octanol–water partition coefficient (Wildman–Crippen LogP) is 4.49. The SMILES string of the molecule is Fc1ccc(/C=C2\CCCC3=C2Nc2nnnn2[C@H]3c2ccc(F)cc2)cc1. The maximum atomic E-state index is 13.4. The molecule has 1 N–H and O–H groups in total. The molecule has 0 radical (unpaired) electrons. The molecule has 3 aromatic rings. The Hall–Kier alpha value is -3.35. The molecule has 0 saturated heterocycles. The van der Waals surface area contributed by atoms with Gasteiger partial charge in [0.1, 0.15) is 17.7 Å². The molecule has 2 aliphatic rings. The van der Waals surface area contributed by atoms with Crippen LogP contribution in [0.25, 0.3) is 6.08 Å². The lowest BCUT2D eigenvalue weighted by Crippen LogP contribution is -2.28. The number of hydrogen-bond donors (Lipinski definition) is 1. The van der Waals surface area contributed by atoms with Crippen LogP contribution < -0.4 is 5.32 Å². The first-order chi connectivity index (χ1) is 13.7. The van der Waals surface area contributed by atoms with E-state index in [2.05, 4.69) is 26.9 Å². The van der Waals surface area contributed by atoms with Gasteiger partial charge in [-0.25, -0.2) is 8.78 Å². The number of hydrogen-bond acceptors (Lipinski definition) is 4. The lowest BCUT2D eigenvalue weighted by atomic mass is 9.83. The maximum Gasteiger partial charge on any atom is 0.248 e. The predicted molar refractivity (Wildman–Crippen MR) is 101 cm³/mol. The van der Waals surface area contributed by atoms with Crippen molar-refractivity contribution in [1.29, 1.82) is 0 Å². The Morgan fingerprint density at radius 1 is 0.964 bits per heavy atom. The minimum Gasteiger partial charge on any atom is -0.323 e. The van der Waals surface area contributed by atoms with Gasteiger partial charge in [0, 0.05) is 5.70 Å². The van der Waals surface area contributed by atoms with Crippen molar-refractivity contribution in [2.24, 2.45) is 0 Å². The van der Waals surface area contributed by atoms with Crippen LogP contribution in [0.2, 0.25) is 0 Å². The normalized spacial score (nSPS) is 19.9. The van der Waals surface area contributed by atoms with Crippen LogP contribution in [0.15, 0.2) is 65.4 Å². The van der Waals surface area contributed by atoms with Crippen molar-refractivity contribution >= 4 is 12.0 Å². The molecule has 0 fully saturated rings. The summed E-state index contributed by atoms with van der Waals surface area (Å²) >= 11 is 0. The number of tetrazole rings is 1. The van der Waals surface area contributed by atoms with Gasteiger partial charge >= 0.3 is 0 Å². The molecule has 2 aromatic carbocycles. The molecule has 7 heteroatoms. The number of aromatic nitrogens is 4. The zero-order valence-corrected chi connectivity index (χ0v) is 14.9. The van der Waals surface area contributed by atoms with E-state index < -0.39 is 0 Å². The van der Waals surface area contributed by atoms with E-state index in [1.54, 1.807) is 28.9 Å². The molecule has 1 aromatic heterocycles. The molecule has 140 valence electrons. The van der Waals surface area contributed by atoms with Crippen molar-refractivity contribution in [1.82, 2.24) is 20.2 Å². The van der Waals surface area contributed by atoms with E-state index in [-0.39, 0.29) is 17.7 Å². The molecule has 0 amide bonds. The zero-order chi connectivity index (χ0) is 19.1. The van der Waals surface area contributed by atoms with Crippen molar-refractivity contribution < 1.29 is 8.78 Å². The fourth-order valence-electron chi connectivity index (χ4n) is 3.96. The van der Waals surface area contributed by atoms with Crippen LogP contribution in [0.4, 0.5) is 14.7 Å². The van der Waals surface area contributed by atoms with Gasteiger partial charge in [-0.3, -0.25) is 0 Å². The summed E-state index contributed by atoms with van der Waals surface area (Å²) in [7, 11) is 0. The molecule has 1 aliphatic heterocycles. The van der Waals surface area contributed by atoms with Crippen LogP contribution in [-0.2, 0) is 0 Å². The van der Waals surface area contributed by atoms with Crippen LogP contribution in [0.3, 0.4) is 0 Å². The van der Waals surface area contributed by atoms with Crippen molar-refractivity contribution in [3.8, 4) is 0 Å². The highest BCUT2D eigenvalue weighted by Crippen LogP contribution is 2.43. The second kappa shape index (κ2) is 6.67. The number of allylic oxidation sites excluding steroid dienone is 2. The number of nitrogens with one attached hydrogen (secondary N) is 1. The van der Waals surface area contributed by atoms with Crippen LogP contribution >= 0.6 is 0 Å². The first-order valence-corrected chi connectivity index (χ1v) is 9.19. The van der Waals surface area contributed by atoms with Crippen molar-refractivity contribution in [2.45, 2.75) is 25.3 Å². The average molecular weight is 377 g/mol. The number of halogens is 2. The average Bonchev–Trinajstić information content (AvgIpc) is 3.17. The monoisotopic (exact) mass is 377 g/mol. The molecule has 2 heterocycles. The second-order valence-electron chi connectivity index (χ2n) is 7.00. The van der Waals surface area contributed by atoms with Gasteiger partial charge in [0.05, 0.1) is 0 Å². The molecule has 1 atom stereocenters. The summed E-state index contributed by atoms with van der Waals surface area (Å²) in [6.45, 7) is 0. The summed E-state index contributed by atoms with van der Waals surface area (Å²) in [4.78, 5) is 0. The largest absolute Gasteiger partial charge is 0.323 e. The minimum absolute atomic E-state index is 0.182. The Morgan fingerprint density at radius 3 is 2.43 bits per heavy atom. The lowest BCUT2D eigenvalue weighted by molar-refractivity contribution is 0.523. The van der Waals surface area contributed by atoms with E-state index in [0.717, 1.165) is 41.7 Å². The van der Waals surface area contributed by atoms with Gasteiger partial charge in [-0.1, -0.05) is 29.4 Å². The third-order valence-corrected chi connectivity index (χ3v) is 5.24. The number of nitrogens with zero attached hydrogens (tertiary/aromatic N) is 4. The Kier molecular flexibility index (Phi) is 4.00. The Labute approximate surface area is 160 Å². The number of benzene rings is 2. The first-order valence-electron chi connectivity index (χ1n) is 9.19. The van der Waals surface area contributed by atoms with Gasteiger partial charge in [-0.05, 0) is 82.3 Å². The van der Waals surface area contributed by atoms with Gasteiger partial charge in [0.15, 0.2) is 0 Å². The van der Waals surface area contributed by atoms with Crippen molar-refractivity contribution in [3.63, 3.8) is 0 Å². The highest BCUT2D eigenvalue weighted by Gasteiger charge is 2.34. The van der Waals surface area contributed by atoms with Crippen LogP contribution in [0.1, 0.15) is 36.4 Å². The Balaban J connectivity index is 1.63. The van der Waals surface area contributed by atoms with Gasteiger partial charge in [0.2, 0.25) is 5.95 Å². The molecular formula is C21H17F2N5. The van der Waals surface area contributed by atoms with Crippen LogP contribution in [0.5, 0.6) is 0 Å². The summed E-state index contributed by atoms with van der Waals surface area (Å²) in [6, 6.07) is 12.7. The van der Waals surface area contributed by atoms with Gasteiger partial charge in [-0.2, -0.15) is 4.68 Å². The van der Waals surface area contributed by atoms with Crippen molar-refractivity contribution in [2.75, 3.05) is 5.32 Å². The molecule has 5 rings (SSSR count). The summed E-state index contributed by atoms with van der Waals surface area (Å²) in [5, 5.41) is 15.4. The van der Waals surface area contributed by atoms with E-state index in [9.17, 15) is 8.78 Å². The van der Waals surface area contributed by atoms with Crippen LogP contribution in [0, 0.1) is 11.6 Å². The zero-order valence-electron chi connectivity index (χ0n) is 14.9. The maximum absolute atomic E-state index is 13.4. The quantitative estimate of drug-likeness (QED) is 0.715. The molecule has 28 heavy (non-hydrogen) atoms. The fourth-order valence-corrected chi connectivity index (χ4v) is 3.96. The minimum atomic E-state index is -0.274. The Morgan fingerprint density at radius 2 is 1.68 bits per heavy atom. The number of rotatable bonds is 2. The molecule has 0 spiro atoms. The smallest absolute Gasteiger partial charge is 0.248 e.